The van der Waals surface area contributed by atoms with Gasteiger partial charge in [-0.15, -0.1) is 0 Å². The minimum Gasteiger partial charge on any atom is -0.510 e. The number of allylic oxidation sites excluding steroid dienone is 1. The molecule has 12 heteroatoms. The Bertz CT molecular complexity index is 1940. The number of carbonyl (C=O) groups excluding carboxylic acids is 3. The fourth-order valence-corrected chi connectivity index (χ4v) is 7.82. The number of nitrogens with two attached hydrogens (primary N) is 1. The number of Topliss-reactive ketones (excluding diaryl/α,β-unsaturated/α-hetero) is 2. The average Bonchev–Trinajstić information content (AvgIpc) is 3.05. The van der Waals surface area contributed by atoms with Crippen molar-refractivity contribution < 1.29 is 39.5 Å². The predicted molar refractivity (Wildman–Crippen MR) is 183 cm³/mol. The van der Waals surface area contributed by atoms with E-state index in [9.17, 15) is 34.8 Å². The van der Waals surface area contributed by atoms with Crippen LogP contribution in [0.15, 0.2) is 77.3 Å². The molecule has 0 saturated heterocycles. The smallest absolute Gasteiger partial charge is 0.255 e. The van der Waals surface area contributed by atoms with Crippen LogP contribution in [0.1, 0.15) is 33.5 Å². The molecule has 1 amide bonds. The summed E-state index contributed by atoms with van der Waals surface area (Å²) >= 11 is 6.00. The average molecular weight is 688 g/mol. The summed E-state index contributed by atoms with van der Waals surface area (Å²) in [7, 11) is 4.73. The standard InChI is InChI=1S/C37H38ClN3O8/c1-41(2)31-25-16-20-15-24-22(23-14-19(6-11-27(23)49-3)17-40-13-12-18-4-7-21(38)8-5-18)9-10-26(42)29(24)32(43)28(20)34(45)37(25,48)35(46)30(33(31)44)36(39)47/h4-11,14,20,25,31,40,42,44-45,48H,12-13,15-17H2,1-3H3,(H2,39,47)/t20-,25-,31-,37-/m1/s1. The summed E-state index contributed by atoms with van der Waals surface area (Å²) in [6.07, 6.45) is 0.965. The van der Waals surface area contributed by atoms with Crippen LogP contribution < -0.4 is 15.8 Å². The molecule has 0 radical (unpaired) electrons. The van der Waals surface area contributed by atoms with Gasteiger partial charge in [0.1, 0.15) is 28.6 Å². The number of rotatable bonds is 9. The number of ether oxygens (including phenoxy) is 1. The van der Waals surface area contributed by atoms with Crippen LogP contribution in [0.2, 0.25) is 5.02 Å². The van der Waals surface area contributed by atoms with Gasteiger partial charge in [0.15, 0.2) is 11.4 Å². The molecule has 0 bridgehead atoms. The highest BCUT2D eigenvalue weighted by molar-refractivity contribution is 6.30. The van der Waals surface area contributed by atoms with Gasteiger partial charge < -0.3 is 36.2 Å². The molecule has 3 aliphatic carbocycles. The molecule has 0 spiro atoms. The molecule has 11 nitrogen and oxygen atoms in total. The number of hydrogen-bond donors (Lipinski definition) is 6. The van der Waals surface area contributed by atoms with E-state index < -0.39 is 58.0 Å². The maximum Gasteiger partial charge on any atom is 0.255 e. The molecular weight excluding hydrogens is 650 g/mol. The molecule has 0 aromatic heterocycles. The van der Waals surface area contributed by atoms with Crippen LogP contribution in [0.5, 0.6) is 11.5 Å². The van der Waals surface area contributed by atoms with E-state index in [-0.39, 0.29) is 29.7 Å². The number of phenolic OH excluding ortho intramolecular Hbond substituents is 1. The second-order valence-electron chi connectivity index (χ2n) is 13.0. The van der Waals surface area contributed by atoms with Gasteiger partial charge in [-0.1, -0.05) is 35.9 Å². The normalized spacial score (nSPS) is 23.3. The van der Waals surface area contributed by atoms with E-state index in [1.165, 1.54) is 11.0 Å². The Labute approximate surface area is 288 Å². The fraction of sp³-hybridized carbons (Fsp3) is 0.324. The molecule has 0 saturated carbocycles. The second kappa shape index (κ2) is 13.0. The first-order valence-corrected chi connectivity index (χ1v) is 16.3. The van der Waals surface area contributed by atoms with Gasteiger partial charge in [0.2, 0.25) is 5.78 Å². The molecule has 0 heterocycles. The number of primary amides is 1. The highest BCUT2D eigenvalue weighted by Crippen LogP contribution is 2.53. The van der Waals surface area contributed by atoms with E-state index >= 15 is 0 Å². The van der Waals surface area contributed by atoms with E-state index in [2.05, 4.69) is 5.32 Å². The number of fused-ring (bicyclic) bond motifs is 3. The monoisotopic (exact) mass is 687 g/mol. The number of likely N-dealkylation sites (N-methyl/N-ethyl adjacent to an activating group) is 1. The summed E-state index contributed by atoms with van der Waals surface area (Å²) in [5, 5.41) is 49.6. The van der Waals surface area contributed by atoms with E-state index in [0.29, 0.717) is 34.0 Å². The molecule has 49 heavy (non-hydrogen) atoms. The summed E-state index contributed by atoms with van der Waals surface area (Å²) < 4.78 is 5.72. The van der Waals surface area contributed by atoms with Crippen molar-refractivity contribution >= 4 is 29.1 Å². The Hall–Kier alpha value is -4.68. The lowest BCUT2D eigenvalue weighted by molar-refractivity contribution is -0.148. The maximum absolute atomic E-state index is 14.2. The summed E-state index contributed by atoms with van der Waals surface area (Å²) in [5.74, 6) is -6.40. The zero-order chi connectivity index (χ0) is 35.4. The third-order valence-electron chi connectivity index (χ3n) is 9.99. The van der Waals surface area contributed by atoms with Crippen LogP contribution >= 0.6 is 11.6 Å². The van der Waals surface area contributed by atoms with Crippen molar-refractivity contribution in [1.29, 1.82) is 0 Å². The lowest BCUT2D eigenvalue weighted by Crippen LogP contribution is -2.63. The number of aliphatic hydroxyl groups excluding tert-OH is 2. The third-order valence-corrected chi connectivity index (χ3v) is 10.2. The second-order valence-corrected chi connectivity index (χ2v) is 13.5. The van der Waals surface area contributed by atoms with E-state index in [1.807, 2.05) is 42.5 Å². The van der Waals surface area contributed by atoms with Gasteiger partial charge in [0.25, 0.3) is 5.91 Å². The molecule has 3 aromatic carbocycles. The van der Waals surface area contributed by atoms with Crippen LogP contribution in [0.4, 0.5) is 0 Å². The molecule has 3 aromatic rings. The van der Waals surface area contributed by atoms with Crippen LogP contribution in [0.25, 0.3) is 11.1 Å². The van der Waals surface area contributed by atoms with Crippen LogP contribution in [-0.4, -0.2) is 82.2 Å². The highest BCUT2D eigenvalue weighted by Gasteiger charge is 2.63. The maximum atomic E-state index is 14.2. The molecule has 4 atom stereocenters. The van der Waals surface area contributed by atoms with Crippen molar-refractivity contribution in [3.8, 4) is 22.6 Å². The van der Waals surface area contributed by atoms with Gasteiger partial charge >= 0.3 is 0 Å². The lowest BCUT2D eigenvalue weighted by atomic mass is 9.58. The molecule has 6 rings (SSSR count). The Morgan fingerprint density at radius 1 is 1.04 bits per heavy atom. The fourth-order valence-electron chi connectivity index (χ4n) is 7.70. The van der Waals surface area contributed by atoms with Crippen molar-refractivity contribution in [2.24, 2.45) is 17.6 Å². The molecule has 7 N–H and O–H groups in total. The number of benzene rings is 3. The molecule has 0 aliphatic heterocycles. The zero-order valence-corrected chi connectivity index (χ0v) is 28.0. The Kier molecular flexibility index (Phi) is 9.06. The number of carbonyl (C=O) groups is 3. The van der Waals surface area contributed by atoms with Gasteiger partial charge in [-0.2, -0.15) is 0 Å². The molecule has 0 fully saturated rings. The topological polar surface area (TPSA) is 183 Å². The highest BCUT2D eigenvalue weighted by atomic mass is 35.5. The Balaban J connectivity index is 1.38. The van der Waals surface area contributed by atoms with E-state index in [1.54, 1.807) is 27.3 Å². The minimum absolute atomic E-state index is 0.00439. The summed E-state index contributed by atoms with van der Waals surface area (Å²) in [4.78, 5) is 41.5. The van der Waals surface area contributed by atoms with Gasteiger partial charge in [0.05, 0.1) is 18.7 Å². The first-order valence-electron chi connectivity index (χ1n) is 15.9. The number of aliphatic hydroxyl groups is 3. The number of ketones is 2. The molecule has 256 valence electrons. The first-order chi connectivity index (χ1) is 23.3. The lowest BCUT2D eigenvalue weighted by Gasteiger charge is -2.50. The van der Waals surface area contributed by atoms with Crippen molar-refractivity contribution in [2.75, 3.05) is 27.7 Å². The van der Waals surface area contributed by atoms with Crippen molar-refractivity contribution in [2.45, 2.75) is 37.5 Å². The van der Waals surface area contributed by atoms with Crippen molar-refractivity contribution in [3.63, 3.8) is 0 Å². The summed E-state index contributed by atoms with van der Waals surface area (Å²) in [5.41, 5.74) is 5.58. The quantitative estimate of drug-likeness (QED) is 0.143. The Morgan fingerprint density at radius 2 is 1.73 bits per heavy atom. The van der Waals surface area contributed by atoms with E-state index in [0.717, 1.165) is 24.1 Å². The number of amides is 1. The zero-order valence-electron chi connectivity index (χ0n) is 27.3. The van der Waals surface area contributed by atoms with Crippen LogP contribution in [0.3, 0.4) is 0 Å². The predicted octanol–water partition coefficient (Wildman–Crippen LogP) is 3.78. The first kappa shape index (κ1) is 34.2. The minimum atomic E-state index is -2.70. The Morgan fingerprint density at radius 3 is 2.39 bits per heavy atom. The number of nitrogens with one attached hydrogen (secondary N) is 1. The number of phenols is 1. The summed E-state index contributed by atoms with van der Waals surface area (Å²) in [6.45, 7) is 1.28. The molecule has 0 unspecified atom stereocenters. The number of methoxy groups -OCH3 is 1. The number of nitrogens with zero attached hydrogens (tertiary/aromatic N) is 1. The van der Waals surface area contributed by atoms with Crippen molar-refractivity contribution in [3.05, 3.63) is 105 Å². The van der Waals surface area contributed by atoms with E-state index in [4.69, 9.17) is 22.1 Å². The van der Waals surface area contributed by atoms with Crippen molar-refractivity contribution in [1.82, 2.24) is 10.2 Å². The van der Waals surface area contributed by atoms with Gasteiger partial charge in [-0.3, -0.25) is 19.3 Å². The molecule has 3 aliphatic rings. The summed E-state index contributed by atoms with van der Waals surface area (Å²) in [6, 6.07) is 15.5. The number of aromatic hydroxyl groups is 1. The third kappa shape index (κ3) is 5.66. The van der Waals surface area contributed by atoms with Gasteiger partial charge in [-0.05, 0) is 98.4 Å². The van der Waals surface area contributed by atoms with Crippen LogP contribution in [-0.2, 0) is 29.0 Å². The largest absolute Gasteiger partial charge is 0.510 e. The van der Waals surface area contributed by atoms with Gasteiger partial charge in [-0.25, -0.2) is 0 Å². The number of halogens is 1. The molecular formula is C37H38ClN3O8. The number of hydrogen-bond acceptors (Lipinski definition) is 10. The van der Waals surface area contributed by atoms with Gasteiger partial charge in [0, 0.05) is 28.6 Å². The van der Waals surface area contributed by atoms with Crippen LogP contribution in [0, 0.1) is 11.8 Å². The SMILES string of the molecule is COc1ccc(CNCCc2ccc(Cl)cc2)cc1-c1ccc(O)c2c1C[C@@H]1C[C@@H]3[C@@H](N(C)C)C(O)=C(C(N)=O)C(=O)[C@]3(O)C(O)=C1C2=O.